The summed E-state index contributed by atoms with van der Waals surface area (Å²) in [5.41, 5.74) is 0. The van der Waals surface area contributed by atoms with Crippen molar-refractivity contribution in [2.75, 3.05) is 11.6 Å². The van der Waals surface area contributed by atoms with Crippen molar-refractivity contribution in [3.05, 3.63) is 0 Å². The summed E-state index contributed by atoms with van der Waals surface area (Å²) in [6.07, 6.45) is 3.18. The van der Waals surface area contributed by atoms with Crippen LogP contribution >= 0.6 is 23.4 Å². The van der Waals surface area contributed by atoms with Crippen LogP contribution in [0, 0.1) is 5.92 Å². The van der Waals surface area contributed by atoms with Gasteiger partial charge in [-0.15, -0.1) is 11.6 Å². The molecule has 0 radical (unpaired) electrons. The van der Waals surface area contributed by atoms with Gasteiger partial charge in [-0.2, -0.15) is 11.8 Å². The molecular weight excluding hydrogens is 204 g/mol. The topological polar surface area (TPSA) is 17.1 Å². The van der Waals surface area contributed by atoms with E-state index >= 15 is 0 Å². The first-order chi connectivity index (χ1) is 6.11. The third kappa shape index (κ3) is 2.88. The Morgan fingerprint density at radius 1 is 1.69 bits per heavy atom. The molecular formula is C10H17ClOS. The zero-order valence-electron chi connectivity index (χ0n) is 8.31. The average molecular weight is 221 g/mol. The number of halogens is 1. The van der Waals surface area contributed by atoms with Crippen LogP contribution in [0.5, 0.6) is 0 Å². The van der Waals surface area contributed by atoms with Crippen LogP contribution in [0.4, 0.5) is 0 Å². The van der Waals surface area contributed by atoms with Crippen LogP contribution in [0.1, 0.15) is 33.1 Å². The molecule has 1 aliphatic heterocycles. The average Bonchev–Trinajstić information content (AvgIpc) is 2.17. The first kappa shape index (κ1) is 11.4. The van der Waals surface area contributed by atoms with Gasteiger partial charge in [-0.1, -0.05) is 13.8 Å². The molecule has 0 saturated carbocycles. The monoisotopic (exact) mass is 220 g/mol. The van der Waals surface area contributed by atoms with Gasteiger partial charge in [-0.25, -0.2) is 0 Å². The number of carbonyl (C=O) groups is 1. The van der Waals surface area contributed by atoms with Gasteiger partial charge in [-0.05, 0) is 25.0 Å². The SMILES string of the molecule is CC[C@]1(C)C[C@@H](C(=O)CCl)CCS1. The summed E-state index contributed by atoms with van der Waals surface area (Å²) >= 11 is 7.57. The number of carbonyl (C=O) groups excluding carboxylic acids is 1. The van der Waals surface area contributed by atoms with Crippen LogP contribution in [-0.2, 0) is 4.79 Å². The molecule has 0 unspecified atom stereocenters. The minimum atomic E-state index is 0.190. The minimum absolute atomic E-state index is 0.190. The number of ketones is 1. The number of alkyl halides is 1. The molecule has 0 amide bonds. The lowest BCUT2D eigenvalue weighted by Crippen LogP contribution is -2.33. The number of hydrogen-bond acceptors (Lipinski definition) is 2. The van der Waals surface area contributed by atoms with Crippen molar-refractivity contribution in [1.29, 1.82) is 0 Å². The third-order valence-electron chi connectivity index (χ3n) is 2.93. The maximum atomic E-state index is 11.4. The minimum Gasteiger partial charge on any atom is -0.298 e. The molecule has 0 N–H and O–H groups in total. The van der Waals surface area contributed by atoms with E-state index in [-0.39, 0.29) is 17.6 Å². The highest BCUT2D eigenvalue weighted by Gasteiger charge is 2.33. The Morgan fingerprint density at radius 3 is 2.92 bits per heavy atom. The van der Waals surface area contributed by atoms with Crippen molar-refractivity contribution >= 4 is 29.1 Å². The fourth-order valence-corrected chi connectivity index (χ4v) is 3.40. The standard InChI is InChI=1S/C10H17ClOS/c1-3-10(2)6-8(4-5-13-10)9(12)7-11/h8H,3-7H2,1-2H3/t8-,10+/m0/s1. The van der Waals surface area contributed by atoms with Gasteiger partial charge in [0.15, 0.2) is 5.78 Å². The fourth-order valence-electron chi connectivity index (χ4n) is 1.76. The highest BCUT2D eigenvalue weighted by Crippen LogP contribution is 2.41. The predicted molar refractivity (Wildman–Crippen MR) is 59.6 cm³/mol. The molecule has 76 valence electrons. The number of Topliss-reactive ketones (excluding diaryl/α,β-unsaturated/α-hetero) is 1. The highest BCUT2D eigenvalue weighted by molar-refractivity contribution is 8.00. The van der Waals surface area contributed by atoms with E-state index < -0.39 is 0 Å². The molecule has 1 fully saturated rings. The zero-order valence-corrected chi connectivity index (χ0v) is 9.88. The van der Waals surface area contributed by atoms with Gasteiger partial charge in [0.2, 0.25) is 0 Å². The Hall–Kier alpha value is 0.310. The maximum Gasteiger partial charge on any atom is 0.150 e. The number of thioether (sulfide) groups is 1. The van der Waals surface area contributed by atoms with Gasteiger partial charge < -0.3 is 0 Å². The van der Waals surface area contributed by atoms with E-state index in [9.17, 15) is 4.79 Å². The van der Waals surface area contributed by atoms with Gasteiger partial charge in [0.1, 0.15) is 0 Å². The lowest BCUT2D eigenvalue weighted by atomic mass is 9.88. The van der Waals surface area contributed by atoms with Crippen molar-refractivity contribution in [1.82, 2.24) is 0 Å². The number of hydrogen-bond donors (Lipinski definition) is 0. The van der Waals surface area contributed by atoms with Crippen molar-refractivity contribution in [3.8, 4) is 0 Å². The summed E-state index contributed by atoms with van der Waals surface area (Å²) in [5, 5.41) is 0. The third-order valence-corrected chi connectivity index (χ3v) is 4.79. The Balaban J connectivity index is 2.56. The van der Waals surface area contributed by atoms with E-state index in [1.807, 2.05) is 11.8 Å². The normalized spacial score (nSPS) is 34.5. The molecule has 0 aromatic rings. The number of rotatable bonds is 3. The Morgan fingerprint density at radius 2 is 2.38 bits per heavy atom. The van der Waals surface area contributed by atoms with Gasteiger partial charge in [0, 0.05) is 10.7 Å². The van der Waals surface area contributed by atoms with Crippen LogP contribution < -0.4 is 0 Å². The second kappa shape index (κ2) is 4.70. The molecule has 1 heterocycles. The summed E-state index contributed by atoms with van der Waals surface area (Å²) in [5.74, 6) is 1.76. The van der Waals surface area contributed by atoms with E-state index in [4.69, 9.17) is 11.6 Å². The molecule has 0 aromatic heterocycles. The summed E-state index contributed by atoms with van der Waals surface area (Å²) in [7, 11) is 0. The Labute approximate surface area is 89.6 Å². The quantitative estimate of drug-likeness (QED) is 0.680. The largest absolute Gasteiger partial charge is 0.298 e. The molecule has 1 saturated heterocycles. The van der Waals surface area contributed by atoms with Crippen LogP contribution in [0.2, 0.25) is 0 Å². The van der Waals surface area contributed by atoms with Gasteiger partial charge >= 0.3 is 0 Å². The van der Waals surface area contributed by atoms with Crippen molar-refractivity contribution in [2.45, 2.75) is 37.9 Å². The molecule has 2 atom stereocenters. The molecule has 13 heavy (non-hydrogen) atoms. The second-order valence-electron chi connectivity index (χ2n) is 3.94. The molecule has 3 heteroatoms. The predicted octanol–water partition coefficient (Wildman–Crippen LogP) is 3.11. The lowest BCUT2D eigenvalue weighted by molar-refractivity contribution is -0.121. The van der Waals surface area contributed by atoms with Crippen molar-refractivity contribution in [2.24, 2.45) is 5.92 Å². The van der Waals surface area contributed by atoms with E-state index in [0.29, 0.717) is 4.75 Å². The molecule has 0 spiro atoms. The van der Waals surface area contributed by atoms with Crippen LogP contribution in [-0.4, -0.2) is 22.2 Å². The molecule has 0 aliphatic carbocycles. The summed E-state index contributed by atoms with van der Waals surface area (Å²) < 4.78 is 0.310. The Bertz CT molecular complexity index is 195. The molecule has 0 bridgehead atoms. The molecule has 1 nitrogen and oxygen atoms in total. The van der Waals surface area contributed by atoms with Gasteiger partial charge in [0.25, 0.3) is 0 Å². The van der Waals surface area contributed by atoms with Gasteiger partial charge in [-0.3, -0.25) is 4.79 Å². The zero-order chi connectivity index (χ0) is 9.90. The summed E-state index contributed by atoms with van der Waals surface area (Å²) in [4.78, 5) is 11.4. The summed E-state index contributed by atoms with van der Waals surface area (Å²) in [6.45, 7) is 4.45. The van der Waals surface area contributed by atoms with E-state index in [1.165, 1.54) is 0 Å². The smallest absolute Gasteiger partial charge is 0.150 e. The van der Waals surface area contributed by atoms with E-state index in [0.717, 1.165) is 25.0 Å². The highest BCUT2D eigenvalue weighted by atomic mass is 35.5. The summed E-state index contributed by atoms with van der Waals surface area (Å²) in [6, 6.07) is 0. The Kier molecular flexibility index (Phi) is 4.11. The van der Waals surface area contributed by atoms with E-state index in [2.05, 4.69) is 13.8 Å². The maximum absolute atomic E-state index is 11.4. The van der Waals surface area contributed by atoms with Crippen molar-refractivity contribution in [3.63, 3.8) is 0 Å². The first-order valence-corrected chi connectivity index (χ1v) is 6.36. The molecule has 1 rings (SSSR count). The lowest BCUT2D eigenvalue weighted by Gasteiger charge is -2.36. The van der Waals surface area contributed by atoms with Gasteiger partial charge in [0.05, 0.1) is 5.88 Å². The second-order valence-corrected chi connectivity index (χ2v) is 5.89. The first-order valence-electron chi connectivity index (χ1n) is 4.84. The van der Waals surface area contributed by atoms with E-state index in [1.54, 1.807) is 0 Å². The van der Waals surface area contributed by atoms with Crippen LogP contribution in [0.3, 0.4) is 0 Å². The molecule has 1 aliphatic rings. The molecule has 0 aromatic carbocycles. The van der Waals surface area contributed by atoms with Crippen LogP contribution in [0.15, 0.2) is 0 Å². The van der Waals surface area contributed by atoms with Crippen LogP contribution in [0.25, 0.3) is 0 Å². The fraction of sp³-hybridized carbons (Fsp3) is 0.900. The van der Waals surface area contributed by atoms with Crippen molar-refractivity contribution < 1.29 is 4.79 Å².